The molecule has 10 atom stereocenters. The van der Waals surface area contributed by atoms with Gasteiger partial charge in [0.25, 0.3) is 0 Å². The Morgan fingerprint density at radius 3 is 1.04 bits per heavy atom. The van der Waals surface area contributed by atoms with E-state index in [4.69, 9.17) is 52.1 Å². The van der Waals surface area contributed by atoms with E-state index in [2.05, 4.69) is 0 Å². The number of rotatable bonds is 6. The first-order chi connectivity index (χ1) is 52.7. The number of phenolic OH excluding ortho intramolecular Hbond substituents is 23. The summed E-state index contributed by atoms with van der Waals surface area (Å²) in [5.74, 6) is -52.5. The molecule has 112 heavy (non-hydrogen) atoms. The molecule has 5 aliphatic heterocycles. The Kier molecular flexibility index (Phi) is 18.1. The molecule has 8 aromatic carbocycles. The Bertz CT molecular complexity index is 5480. The maximum absolute atomic E-state index is 15.6. The highest BCUT2D eigenvalue weighted by atomic mass is 16.8. The van der Waals surface area contributed by atoms with Gasteiger partial charge >= 0.3 is 47.8 Å². The second-order valence-corrected chi connectivity index (χ2v) is 24.6. The molecular formula is C68H48O44. The largest absolute Gasteiger partial charge is 0.504 e. The number of hydrogen-bond donors (Lipinski definition) is 25. The fraction of sp³-hybridized carbons (Fsp3) is 0.176. The van der Waals surface area contributed by atoms with E-state index >= 15 is 4.79 Å². The van der Waals surface area contributed by atoms with E-state index in [1.165, 1.54) is 0 Å². The average molecular weight is 1570 g/mol. The van der Waals surface area contributed by atoms with Crippen molar-refractivity contribution >= 4 is 47.8 Å². The number of carbonyl (C=O) groups is 8. The topological polar surface area (TPSA) is 744 Å². The number of benzene rings is 8. The Morgan fingerprint density at radius 1 is 0.304 bits per heavy atom. The first-order valence-electron chi connectivity index (χ1n) is 31.2. The second-order valence-electron chi connectivity index (χ2n) is 24.6. The number of carbonyl (C=O) groups excluding carboxylic acids is 8. The summed E-state index contributed by atoms with van der Waals surface area (Å²) in [7, 11) is 0. The van der Waals surface area contributed by atoms with E-state index in [0.717, 1.165) is 0 Å². The van der Waals surface area contributed by atoms with E-state index in [1.54, 1.807) is 0 Å². The third kappa shape index (κ3) is 12.0. The van der Waals surface area contributed by atoms with Crippen molar-refractivity contribution in [1.29, 1.82) is 0 Å². The lowest BCUT2D eigenvalue weighted by atomic mass is 9.91. The maximum atomic E-state index is 15.6. The summed E-state index contributed by atoms with van der Waals surface area (Å²) in [5, 5.41) is 275. The summed E-state index contributed by atoms with van der Waals surface area (Å²) in [4.78, 5) is 117. The molecule has 0 radical (unpaired) electrons. The zero-order valence-corrected chi connectivity index (χ0v) is 54.8. The van der Waals surface area contributed by atoms with Crippen molar-refractivity contribution in [1.82, 2.24) is 0 Å². The fourth-order valence-electron chi connectivity index (χ4n) is 12.5. The SMILES string of the molecule is O=C(O[C@H]1O[C@@H]2COC(=O)c3cc(O)c(O)c(O)c3-c3c(cc(Oc4c(C(=O)O[C@H]5O[C@@H]6COC(=O)c7cc(O)c(O)c(O)c7-c7c(cc(O)c(O)c7O)C(=O)O[C@H]6[C@H](O)[C@H]5O)cc(O)c(O)c4O)c(O)c3O)C(=O)O[C@H]2[C@@H]2OC(=O)c3cc(O)c(O)c(O)c3-c3c(cc(O)c(O)c3O)C(=O)O[C@@H]12)c1cc(O)c(O)c(O)c1. The van der Waals surface area contributed by atoms with E-state index in [9.17, 15) is 161 Å². The van der Waals surface area contributed by atoms with Crippen LogP contribution in [0, 0.1) is 0 Å². The van der Waals surface area contributed by atoms with Crippen molar-refractivity contribution in [3.63, 3.8) is 0 Å². The lowest BCUT2D eigenvalue weighted by Gasteiger charge is -2.44. The van der Waals surface area contributed by atoms with Crippen LogP contribution in [0.5, 0.6) is 144 Å². The normalized spacial score (nSPS) is 21.3. The molecule has 2 fully saturated rings. The van der Waals surface area contributed by atoms with Gasteiger partial charge in [-0.2, -0.15) is 0 Å². The highest BCUT2D eigenvalue weighted by molar-refractivity contribution is 6.12. The highest BCUT2D eigenvalue weighted by Gasteiger charge is 2.57. The predicted molar refractivity (Wildman–Crippen MR) is 344 cm³/mol. The molecule has 5 aliphatic rings. The minimum absolute atomic E-state index is 0.187. The summed E-state index contributed by atoms with van der Waals surface area (Å²) in [5.41, 5.74) is -17.1. The number of aliphatic hydroxyl groups excluding tert-OH is 2. The summed E-state index contributed by atoms with van der Waals surface area (Å²) in [6, 6.07) is 3.04. The van der Waals surface area contributed by atoms with E-state index in [1.807, 2.05) is 0 Å². The molecule has 0 aliphatic carbocycles. The molecule has 13 rings (SSSR count). The Balaban J connectivity index is 0.913. The van der Waals surface area contributed by atoms with Gasteiger partial charge in [-0.3, -0.25) is 0 Å². The summed E-state index contributed by atoms with van der Waals surface area (Å²) in [6.45, 7) is -2.80. The van der Waals surface area contributed by atoms with Gasteiger partial charge < -0.3 is 180 Å². The highest BCUT2D eigenvalue weighted by Crippen LogP contribution is 2.59. The molecule has 0 spiro atoms. The number of phenols is 23. The van der Waals surface area contributed by atoms with Gasteiger partial charge in [0.2, 0.25) is 64.7 Å². The molecule has 2 saturated heterocycles. The van der Waals surface area contributed by atoms with Gasteiger partial charge in [0, 0.05) is 45.5 Å². The van der Waals surface area contributed by atoms with E-state index in [0.29, 0.717) is 42.5 Å². The quantitative estimate of drug-likeness (QED) is 0.0640. The molecule has 0 bridgehead atoms. The average Bonchev–Trinajstić information content (AvgIpc) is 0.999. The van der Waals surface area contributed by atoms with Crippen molar-refractivity contribution in [2.75, 3.05) is 13.2 Å². The van der Waals surface area contributed by atoms with E-state index < -0.39 is 344 Å². The molecule has 0 aromatic heterocycles. The molecule has 0 saturated carbocycles. The zero-order valence-electron chi connectivity index (χ0n) is 54.8. The fourth-order valence-corrected chi connectivity index (χ4v) is 12.5. The van der Waals surface area contributed by atoms with Crippen LogP contribution in [0.1, 0.15) is 82.9 Å². The number of fused-ring (bicyclic) bond motifs is 13. The molecule has 44 nitrogen and oxygen atoms in total. The van der Waals surface area contributed by atoms with Crippen molar-refractivity contribution in [2.24, 2.45) is 0 Å². The first-order valence-corrected chi connectivity index (χ1v) is 31.2. The number of esters is 8. The minimum atomic E-state index is -2.82. The van der Waals surface area contributed by atoms with Crippen LogP contribution in [0.4, 0.5) is 0 Å². The first kappa shape index (κ1) is 74.8. The number of ether oxygens (including phenoxy) is 11. The van der Waals surface area contributed by atoms with Gasteiger partial charge in [0.15, 0.2) is 116 Å². The summed E-state index contributed by atoms with van der Waals surface area (Å²) >= 11 is 0. The van der Waals surface area contributed by atoms with Crippen molar-refractivity contribution in [3.8, 4) is 177 Å². The molecule has 584 valence electrons. The maximum Gasteiger partial charge on any atom is 0.344 e. The zero-order chi connectivity index (χ0) is 81.5. The minimum Gasteiger partial charge on any atom is -0.504 e. The van der Waals surface area contributed by atoms with Crippen molar-refractivity contribution in [3.05, 3.63) is 99.1 Å². The molecule has 0 amide bonds. The number of aliphatic hydroxyl groups is 2. The molecular weight excluding hydrogens is 1520 g/mol. The number of cyclic esters (lactones) is 2. The van der Waals surface area contributed by atoms with Crippen LogP contribution in [0.2, 0.25) is 0 Å². The third-order valence-corrected chi connectivity index (χ3v) is 17.9. The van der Waals surface area contributed by atoms with Crippen molar-refractivity contribution < 1.29 is 218 Å². The van der Waals surface area contributed by atoms with Gasteiger partial charge in [0.05, 0.1) is 38.9 Å². The van der Waals surface area contributed by atoms with Gasteiger partial charge in [-0.05, 0) is 42.5 Å². The van der Waals surface area contributed by atoms with Crippen molar-refractivity contribution in [2.45, 2.75) is 61.4 Å². The van der Waals surface area contributed by atoms with Gasteiger partial charge in [0.1, 0.15) is 43.2 Å². The molecule has 25 N–H and O–H groups in total. The second kappa shape index (κ2) is 27.1. The molecule has 5 heterocycles. The Labute approximate surface area is 614 Å². The predicted octanol–water partition coefficient (Wildman–Crippen LogP) is 1.75. The summed E-state index contributed by atoms with van der Waals surface area (Å²) < 4.78 is 61.6. The van der Waals surface area contributed by atoms with Crippen LogP contribution < -0.4 is 4.74 Å². The molecule has 0 unspecified atom stereocenters. The third-order valence-electron chi connectivity index (χ3n) is 17.9. The van der Waals surface area contributed by atoms with Gasteiger partial charge in [-0.1, -0.05) is 0 Å². The standard InChI is InChI=1S/C68H48O44/c69-20-1-12(2-21(70)37(20)77)59(94)111-68-58-57(109-63(98)16-6-25(74)41(81)48(88)34(16)35-17(64(99)110-58)7-26(75)42(82)49(35)89)56-30(106-68)11-103-61(96)14-4-23(72)39(79)46(86)32(14)36-18(65(100)108-56)9-28(44(84)50(36)90)104-54-19(8-27(76)43(83)51(54)91)66(101)112-67-53(93)52(92)55-29(105-67)10-102-60(95)13-3-22(71)38(78)45(85)31(13)33-15(62(97)107-55)5-24(73)40(80)47(33)87/h1-9,29-30,52-53,55-58,67-93H,10-11H2/t29-,30-,52-,53-,55-,56-,57+,58-,67-,68-/m1/s1. The van der Waals surface area contributed by atoms with Crippen LogP contribution >= 0.6 is 0 Å². The van der Waals surface area contributed by atoms with E-state index in [-0.39, 0.29) is 12.1 Å². The van der Waals surface area contributed by atoms with Crippen LogP contribution in [0.3, 0.4) is 0 Å². The molecule has 44 heteroatoms. The van der Waals surface area contributed by atoms with Crippen LogP contribution in [-0.2, 0) is 47.4 Å². The van der Waals surface area contributed by atoms with Gasteiger partial charge in [-0.25, -0.2) is 38.4 Å². The lowest BCUT2D eigenvalue weighted by molar-refractivity contribution is -0.284. The number of hydrogen-bond acceptors (Lipinski definition) is 44. The Morgan fingerprint density at radius 2 is 0.616 bits per heavy atom. The smallest absolute Gasteiger partial charge is 0.344 e. The molecule has 8 aromatic rings. The van der Waals surface area contributed by atoms with Crippen LogP contribution in [-0.4, -0.2) is 250 Å². The van der Waals surface area contributed by atoms with Crippen LogP contribution in [0.15, 0.2) is 54.6 Å². The monoisotopic (exact) mass is 1570 g/mol. The number of aromatic hydroxyl groups is 23. The Hall–Kier alpha value is -15.4. The lowest BCUT2D eigenvalue weighted by Crippen LogP contribution is -2.63. The van der Waals surface area contributed by atoms with Gasteiger partial charge in [-0.15, -0.1) is 0 Å². The van der Waals surface area contributed by atoms with Crippen LogP contribution in [0.25, 0.3) is 33.4 Å². The summed E-state index contributed by atoms with van der Waals surface area (Å²) in [6.07, 6.45) is -26.2.